The Bertz CT molecular complexity index is 968. The minimum Gasteiger partial charge on any atom is -0.504 e. The number of carboxylic acids is 1. The molecule has 1 amide bonds. The maximum Gasteiger partial charge on any atom is 0.320 e. The number of carboxylic acid groups (broad SMARTS) is 1. The van der Waals surface area contributed by atoms with E-state index in [2.05, 4.69) is 17.3 Å². The number of carbonyl (C=O) groups is 2. The number of piperidine rings is 1. The topological polar surface area (TPSA) is 134 Å². The van der Waals surface area contributed by atoms with Crippen molar-refractivity contribution in [2.24, 2.45) is 11.7 Å². The quantitative estimate of drug-likeness (QED) is 0.483. The van der Waals surface area contributed by atoms with Gasteiger partial charge in [-0.15, -0.1) is 0 Å². The van der Waals surface area contributed by atoms with Crippen molar-refractivity contribution in [1.82, 2.24) is 10.2 Å². The highest BCUT2D eigenvalue weighted by atomic mass is 16.5. The number of hydrogen-bond acceptors (Lipinski definition) is 7. The predicted octanol–water partition coefficient (Wildman–Crippen LogP) is 0.747. The van der Waals surface area contributed by atoms with Crippen molar-refractivity contribution in [3.63, 3.8) is 0 Å². The molecule has 1 aromatic carbocycles. The molecule has 1 spiro atoms. The Hall–Kier alpha value is -2.52. The zero-order chi connectivity index (χ0) is 22.8. The number of nitrogens with two attached hydrogens (primary N) is 1. The standard InChI is InChI=1S/C23H31N3O6/c1-26-8-7-23-12-3-4-13(25-14(22(29)30)5-6-18(24)28)21(23)32-20-16(27)10-17(31-2)11(19(20)23)9-15(12)26/h10,12-15,21,25,27H,3-9H2,1-2H3,(H2,24,28)(H,29,30)/t12-,13-,14-,15+,21-,23-/m0/s1. The fourth-order valence-electron chi connectivity index (χ4n) is 6.97. The number of phenolic OH excluding ortho intramolecular Hbond substituents is 1. The number of methoxy groups -OCH3 is 1. The predicted molar refractivity (Wildman–Crippen MR) is 115 cm³/mol. The number of hydrogen-bond donors (Lipinski definition) is 4. The smallest absolute Gasteiger partial charge is 0.320 e. The van der Waals surface area contributed by atoms with Crippen LogP contribution in [0.3, 0.4) is 0 Å². The number of nitrogens with one attached hydrogen (secondary N) is 1. The Morgan fingerprint density at radius 2 is 2.22 bits per heavy atom. The Labute approximate surface area is 186 Å². The first-order valence-corrected chi connectivity index (χ1v) is 11.3. The van der Waals surface area contributed by atoms with Crippen LogP contribution in [-0.2, 0) is 21.4 Å². The molecule has 2 aliphatic heterocycles. The Morgan fingerprint density at radius 3 is 2.91 bits per heavy atom. The van der Waals surface area contributed by atoms with Crippen molar-refractivity contribution in [2.75, 3.05) is 20.7 Å². The van der Waals surface area contributed by atoms with E-state index in [1.165, 1.54) is 0 Å². The van der Waals surface area contributed by atoms with Gasteiger partial charge in [0.2, 0.25) is 5.91 Å². The van der Waals surface area contributed by atoms with Crippen LogP contribution in [0.15, 0.2) is 6.07 Å². The van der Waals surface area contributed by atoms with Gasteiger partial charge in [0.25, 0.3) is 0 Å². The number of aliphatic carboxylic acids is 1. The number of phenols is 1. The summed E-state index contributed by atoms with van der Waals surface area (Å²) in [7, 11) is 3.78. The van der Waals surface area contributed by atoms with Gasteiger partial charge >= 0.3 is 5.97 Å². The first kappa shape index (κ1) is 21.3. The highest BCUT2D eigenvalue weighted by Gasteiger charge is 2.66. The number of ether oxygens (including phenoxy) is 2. The van der Waals surface area contributed by atoms with Crippen LogP contribution >= 0.6 is 0 Å². The third kappa shape index (κ3) is 2.90. The van der Waals surface area contributed by atoms with Crippen LogP contribution in [0.1, 0.15) is 43.2 Å². The van der Waals surface area contributed by atoms with Crippen molar-refractivity contribution in [1.29, 1.82) is 0 Å². The van der Waals surface area contributed by atoms with Gasteiger partial charge in [-0.3, -0.25) is 14.9 Å². The molecule has 32 heavy (non-hydrogen) atoms. The van der Waals surface area contributed by atoms with Crippen molar-refractivity contribution in [3.8, 4) is 17.2 Å². The summed E-state index contributed by atoms with van der Waals surface area (Å²) in [4.78, 5) is 25.6. The van der Waals surface area contributed by atoms with Crippen LogP contribution in [0.4, 0.5) is 0 Å². The SMILES string of the molecule is COc1cc(O)c2c3c1C[C@@H]1[C@@H]4CC[C@H](N[C@@H](CCC(N)=O)C(=O)O)[C@H](O2)[C@]34CCN1C. The maximum atomic E-state index is 11.9. The van der Waals surface area contributed by atoms with Crippen molar-refractivity contribution in [2.45, 2.75) is 68.2 Å². The molecule has 2 bridgehead atoms. The van der Waals surface area contributed by atoms with Crippen LogP contribution in [0, 0.1) is 5.92 Å². The van der Waals surface area contributed by atoms with Crippen LogP contribution in [0.5, 0.6) is 17.2 Å². The molecular formula is C23H31N3O6. The molecule has 1 aromatic rings. The lowest BCUT2D eigenvalue weighted by molar-refractivity contribution is -0.140. The van der Waals surface area contributed by atoms with E-state index in [1.54, 1.807) is 13.2 Å². The molecule has 5 N–H and O–H groups in total. The van der Waals surface area contributed by atoms with Gasteiger partial charge < -0.3 is 30.3 Å². The molecule has 2 fully saturated rings. The molecule has 4 aliphatic rings. The summed E-state index contributed by atoms with van der Waals surface area (Å²) < 4.78 is 12.1. The van der Waals surface area contributed by atoms with Crippen LogP contribution in [0.25, 0.3) is 0 Å². The molecule has 9 heteroatoms. The molecule has 0 unspecified atom stereocenters. The van der Waals surface area contributed by atoms with E-state index in [0.717, 1.165) is 43.4 Å². The summed E-state index contributed by atoms with van der Waals surface area (Å²) in [6.07, 6.45) is 3.27. The van der Waals surface area contributed by atoms with E-state index < -0.39 is 17.9 Å². The Balaban J connectivity index is 1.56. The van der Waals surface area contributed by atoms with Gasteiger partial charge in [0.05, 0.1) is 7.11 Å². The minimum atomic E-state index is -1.00. The molecule has 9 nitrogen and oxygen atoms in total. The molecule has 2 heterocycles. The van der Waals surface area contributed by atoms with Gasteiger partial charge in [-0.2, -0.15) is 0 Å². The van der Waals surface area contributed by atoms with E-state index in [0.29, 0.717) is 23.5 Å². The molecule has 1 saturated carbocycles. The van der Waals surface area contributed by atoms with Crippen molar-refractivity contribution < 1.29 is 29.3 Å². The molecular weight excluding hydrogens is 414 g/mol. The second-order valence-corrected chi connectivity index (χ2v) is 9.71. The normalized spacial score (nSPS) is 33.2. The fourth-order valence-corrected chi connectivity index (χ4v) is 6.97. The van der Waals surface area contributed by atoms with Crippen LogP contribution < -0.4 is 20.5 Å². The fraction of sp³-hybridized carbons (Fsp3) is 0.652. The monoisotopic (exact) mass is 445 g/mol. The number of carbonyl (C=O) groups excluding carboxylic acids is 1. The number of likely N-dealkylation sites (N-methyl/N-ethyl adjacent to an activating group) is 1. The lowest BCUT2D eigenvalue weighted by atomic mass is 9.51. The summed E-state index contributed by atoms with van der Waals surface area (Å²) >= 11 is 0. The summed E-state index contributed by atoms with van der Waals surface area (Å²) in [6.45, 7) is 0.911. The lowest BCUT2D eigenvalue weighted by Crippen LogP contribution is -2.68. The van der Waals surface area contributed by atoms with E-state index in [9.17, 15) is 19.8 Å². The highest BCUT2D eigenvalue weighted by molar-refractivity contribution is 5.77. The lowest BCUT2D eigenvalue weighted by Gasteiger charge is -2.59. The van der Waals surface area contributed by atoms with Gasteiger partial charge in [-0.05, 0) is 51.6 Å². The average molecular weight is 446 g/mol. The number of benzene rings is 1. The first-order chi connectivity index (χ1) is 15.3. The van der Waals surface area contributed by atoms with Crippen LogP contribution in [-0.4, -0.2) is 71.9 Å². The van der Waals surface area contributed by atoms with E-state index in [4.69, 9.17) is 15.2 Å². The first-order valence-electron chi connectivity index (χ1n) is 11.3. The second-order valence-electron chi connectivity index (χ2n) is 9.71. The molecule has 0 aromatic heterocycles. The number of amides is 1. The van der Waals surface area contributed by atoms with Gasteiger partial charge in [0.15, 0.2) is 11.5 Å². The third-order valence-electron chi connectivity index (χ3n) is 8.30. The zero-order valence-electron chi connectivity index (χ0n) is 18.5. The van der Waals surface area contributed by atoms with Gasteiger partial charge in [-0.25, -0.2) is 0 Å². The largest absolute Gasteiger partial charge is 0.504 e. The van der Waals surface area contributed by atoms with E-state index >= 15 is 0 Å². The zero-order valence-corrected chi connectivity index (χ0v) is 18.5. The minimum absolute atomic E-state index is 0.00517. The molecule has 0 radical (unpaired) electrons. The van der Waals surface area contributed by atoms with Gasteiger partial charge in [0, 0.05) is 41.1 Å². The maximum absolute atomic E-state index is 11.9. The van der Waals surface area contributed by atoms with Crippen molar-refractivity contribution in [3.05, 3.63) is 17.2 Å². The van der Waals surface area contributed by atoms with E-state index in [-0.39, 0.29) is 36.2 Å². The average Bonchev–Trinajstić information content (AvgIpc) is 3.10. The summed E-state index contributed by atoms with van der Waals surface area (Å²) in [5.74, 6) is 0.120. The number of rotatable bonds is 7. The number of nitrogens with zero attached hydrogens (tertiary/aromatic N) is 1. The molecule has 6 atom stereocenters. The molecule has 1 saturated heterocycles. The summed E-state index contributed by atoms with van der Waals surface area (Å²) in [6, 6.07) is 0.875. The summed E-state index contributed by atoms with van der Waals surface area (Å²) in [5, 5.41) is 23.8. The number of likely N-dealkylation sites (tertiary alicyclic amines) is 1. The highest BCUT2D eigenvalue weighted by Crippen LogP contribution is 2.65. The van der Waals surface area contributed by atoms with Crippen LogP contribution in [0.2, 0.25) is 0 Å². The summed E-state index contributed by atoms with van der Waals surface area (Å²) in [5.41, 5.74) is 7.11. The van der Waals surface area contributed by atoms with Crippen molar-refractivity contribution >= 4 is 11.9 Å². The number of aromatic hydroxyl groups is 1. The molecule has 2 aliphatic carbocycles. The Kier molecular flexibility index (Phi) is 5.01. The molecule has 174 valence electrons. The molecule has 5 rings (SSSR count). The Morgan fingerprint density at radius 1 is 1.44 bits per heavy atom. The van der Waals surface area contributed by atoms with E-state index in [1.807, 2.05) is 0 Å². The second kappa shape index (κ2) is 7.52. The van der Waals surface area contributed by atoms with Gasteiger partial charge in [0.1, 0.15) is 17.9 Å². The number of primary amides is 1. The van der Waals surface area contributed by atoms with Gasteiger partial charge in [-0.1, -0.05) is 0 Å². The third-order valence-corrected chi connectivity index (χ3v) is 8.30.